The zero-order chi connectivity index (χ0) is 23.7. The van der Waals surface area contributed by atoms with Crippen LogP contribution in [0.5, 0.6) is 6.01 Å². The molecule has 1 aliphatic carbocycles. The van der Waals surface area contributed by atoms with Gasteiger partial charge in [0.05, 0.1) is 31.0 Å². The largest absolute Gasteiger partial charge is 0.447 e. The lowest BCUT2D eigenvalue weighted by Crippen LogP contribution is -2.52. The van der Waals surface area contributed by atoms with E-state index in [0.717, 1.165) is 35.7 Å². The van der Waals surface area contributed by atoms with E-state index in [1.54, 1.807) is 25.2 Å². The first kappa shape index (κ1) is 22.5. The summed E-state index contributed by atoms with van der Waals surface area (Å²) in [6, 6.07) is 6.19. The Morgan fingerprint density at radius 2 is 2.03 bits per heavy atom. The minimum absolute atomic E-state index is 0.0460. The van der Waals surface area contributed by atoms with Gasteiger partial charge in [0.15, 0.2) is 11.4 Å². The highest BCUT2D eigenvalue weighted by molar-refractivity contribution is 5.85. The lowest BCUT2D eigenvalue weighted by Gasteiger charge is -2.37. The topological polar surface area (TPSA) is 109 Å². The number of benzene rings is 1. The van der Waals surface area contributed by atoms with Gasteiger partial charge in [-0.3, -0.25) is 9.89 Å². The zero-order valence-corrected chi connectivity index (χ0v) is 20.0. The Hall–Kier alpha value is -3.27. The first-order valence-electron chi connectivity index (χ1n) is 11.9. The molecule has 1 aromatic carbocycles. The van der Waals surface area contributed by atoms with Crippen molar-refractivity contribution < 1.29 is 14.3 Å². The first-order chi connectivity index (χ1) is 16.4. The molecule has 0 bridgehead atoms. The van der Waals surface area contributed by atoms with Crippen LogP contribution in [-0.4, -0.2) is 81.5 Å². The normalized spacial score (nSPS) is 20.3. The lowest BCUT2D eigenvalue weighted by atomic mass is 9.83. The van der Waals surface area contributed by atoms with Crippen LogP contribution >= 0.6 is 0 Å². The molecule has 1 amide bonds. The summed E-state index contributed by atoms with van der Waals surface area (Å²) in [5.74, 6) is 0.992. The highest BCUT2D eigenvalue weighted by Crippen LogP contribution is 2.35. The van der Waals surface area contributed by atoms with E-state index in [1.165, 1.54) is 0 Å². The van der Waals surface area contributed by atoms with Crippen LogP contribution in [0.3, 0.4) is 0 Å². The molecule has 0 unspecified atom stereocenters. The standard InChI is InChI=1S/C24H31N7O3/c1-16-15-33-12-11-31(16)22-26-20(17-7-8-19-18(13-17)14-25-29-19)27-23(28-22)34-24(21(32)30(2)3)9-5-4-6-10-24/h7-8,13-14,16H,4-6,9-12,15H2,1-3H3,(H,25,29)/t16-/m0/s1. The molecule has 2 aliphatic rings. The monoisotopic (exact) mass is 465 g/mol. The molecule has 2 fully saturated rings. The van der Waals surface area contributed by atoms with Crippen LogP contribution in [0.2, 0.25) is 0 Å². The number of fused-ring (bicyclic) bond motifs is 1. The molecule has 1 N–H and O–H groups in total. The first-order valence-corrected chi connectivity index (χ1v) is 11.9. The fourth-order valence-corrected chi connectivity index (χ4v) is 4.82. The second-order valence-corrected chi connectivity index (χ2v) is 9.39. The van der Waals surface area contributed by atoms with Gasteiger partial charge in [-0.2, -0.15) is 20.1 Å². The number of rotatable bonds is 5. The van der Waals surface area contributed by atoms with Crippen molar-refractivity contribution in [2.45, 2.75) is 50.7 Å². The highest BCUT2D eigenvalue weighted by atomic mass is 16.5. The van der Waals surface area contributed by atoms with E-state index in [9.17, 15) is 4.79 Å². The molecule has 3 heterocycles. The van der Waals surface area contributed by atoms with E-state index in [2.05, 4.69) is 22.0 Å². The van der Waals surface area contributed by atoms with E-state index in [-0.39, 0.29) is 18.0 Å². The van der Waals surface area contributed by atoms with Crippen molar-refractivity contribution >= 4 is 22.8 Å². The molecular weight excluding hydrogens is 434 g/mol. The van der Waals surface area contributed by atoms with E-state index in [4.69, 9.17) is 24.4 Å². The third-order valence-electron chi connectivity index (χ3n) is 6.67. The van der Waals surface area contributed by atoms with Crippen LogP contribution < -0.4 is 9.64 Å². The number of ether oxygens (including phenoxy) is 2. The molecule has 3 aromatic rings. The quantitative estimate of drug-likeness (QED) is 0.613. The van der Waals surface area contributed by atoms with Crippen molar-refractivity contribution in [1.29, 1.82) is 0 Å². The molecule has 10 heteroatoms. The van der Waals surface area contributed by atoms with Gasteiger partial charge in [-0.1, -0.05) is 6.42 Å². The van der Waals surface area contributed by atoms with E-state index in [1.807, 2.05) is 18.2 Å². The van der Waals surface area contributed by atoms with E-state index < -0.39 is 5.60 Å². The van der Waals surface area contributed by atoms with Gasteiger partial charge in [0.2, 0.25) is 5.95 Å². The van der Waals surface area contributed by atoms with Crippen molar-refractivity contribution in [3.05, 3.63) is 24.4 Å². The van der Waals surface area contributed by atoms with Crippen molar-refractivity contribution in [2.24, 2.45) is 0 Å². The molecule has 1 atom stereocenters. The number of nitrogens with zero attached hydrogens (tertiary/aromatic N) is 6. The molecule has 2 aromatic heterocycles. The summed E-state index contributed by atoms with van der Waals surface area (Å²) in [7, 11) is 3.53. The fourth-order valence-electron chi connectivity index (χ4n) is 4.82. The van der Waals surface area contributed by atoms with Crippen LogP contribution in [0, 0.1) is 0 Å². The molecule has 34 heavy (non-hydrogen) atoms. The predicted octanol–water partition coefficient (Wildman–Crippen LogP) is 2.81. The number of carbonyl (C=O) groups is 1. The summed E-state index contributed by atoms with van der Waals surface area (Å²) in [6.07, 6.45) is 6.03. The Morgan fingerprint density at radius 1 is 1.21 bits per heavy atom. The maximum atomic E-state index is 13.2. The number of morpholine rings is 1. The van der Waals surface area contributed by atoms with Crippen LogP contribution in [-0.2, 0) is 9.53 Å². The SMILES string of the molecule is C[C@H]1COCCN1c1nc(OC2(C(=O)N(C)C)CCCCC2)nc(-c2ccc3[nH]ncc3c2)n1. The smallest absolute Gasteiger partial charge is 0.322 e. The van der Waals surface area contributed by atoms with Crippen LogP contribution in [0.25, 0.3) is 22.3 Å². The van der Waals surface area contributed by atoms with Gasteiger partial charge in [-0.05, 0) is 50.8 Å². The fraction of sp³-hybridized carbons (Fsp3) is 0.542. The Kier molecular flexibility index (Phi) is 6.07. The predicted molar refractivity (Wildman–Crippen MR) is 128 cm³/mol. The van der Waals surface area contributed by atoms with Crippen molar-refractivity contribution in [2.75, 3.05) is 38.8 Å². The number of anilines is 1. The Labute approximate surface area is 198 Å². The van der Waals surface area contributed by atoms with Gasteiger partial charge in [-0.15, -0.1) is 0 Å². The molecule has 1 aliphatic heterocycles. The van der Waals surface area contributed by atoms with Crippen molar-refractivity contribution in [1.82, 2.24) is 30.0 Å². The number of hydrogen-bond acceptors (Lipinski definition) is 8. The number of aromatic nitrogens is 5. The molecule has 180 valence electrons. The second kappa shape index (κ2) is 9.17. The van der Waals surface area contributed by atoms with Crippen LogP contribution in [0.15, 0.2) is 24.4 Å². The maximum Gasteiger partial charge on any atom is 0.322 e. The van der Waals surface area contributed by atoms with Gasteiger partial charge < -0.3 is 19.3 Å². The Balaban J connectivity index is 1.58. The van der Waals surface area contributed by atoms with Crippen molar-refractivity contribution in [3.8, 4) is 17.4 Å². The summed E-state index contributed by atoms with van der Waals surface area (Å²) in [4.78, 5) is 31.1. The zero-order valence-electron chi connectivity index (χ0n) is 20.0. The number of amides is 1. The van der Waals surface area contributed by atoms with Gasteiger partial charge >= 0.3 is 6.01 Å². The summed E-state index contributed by atoms with van der Waals surface area (Å²) in [5.41, 5.74) is 0.817. The van der Waals surface area contributed by atoms with E-state index >= 15 is 0 Å². The minimum Gasteiger partial charge on any atom is -0.447 e. The number of nitrogens with one attached hydrogen (secondary N) is 1. The highest BCUT2D eigenvalue weighted by Gasteiger charge is 2.44. The van der Waals surface area contributed by atoms with Crippen molar-refractivity contribution in [3.63, 3.8) is 0 Å². The lowest BCUT2D eigenvalue weighted by molar-refractivity contribution is -0.149. The summed E-state index contributed by atoms with van der Waals surface area (Å²) in [6.45, 7) is 3.96. The summed E-state index contributed by atoms with van der Waals surface area (Å²) in [5, 5.41) is 8.04. The number of likely N-dealkylation sites (N-methyl/N-ethyl adjacent to an activating group) is 1. The van der Waals surface area contributed by atoms with Crippen LogP contribution in [0.4, 0.5) is 5.95 Å². The Bertz CT molecular complexity index is 1170. The van der Waals surface area contributed by atoms with Gasteiger partial charge in [0.25, 0.3) is 5.91 Å². The average molecular weight is 466 g/mol. The minimum atomic E-state index is -0.956. The molecular formula is C24H31N7O3. The third kappa shape index (κ3) is 4.29. The summed E-state index contributed by atoms with van der Waals surface area (Å²) >= 11 is 0. The summed E-state index contributed by atoms with van der Waals surface area (Å²) < 4.78 is 12.0. The molecule has 0 radical (unpaired) electrons. The number of H-pyrrole nitrogens is 1. The van der Waals surface area contributed by atoms with Gasteiger partial charge in [0, 0.05) is 31.6 Å². The molecule has 1 saturated heterocycles. The number of hydrogen-bond donors (Lipinski definition) is 1. The molecule has 1 saturated carbocycles. The van der Waals surface area contributed by atoms with Gasteiger partial charge in [0.1, 0.15) is 0 Å². The van der Waals surface area contributed by atoms with Gasteiger partial charge in [-0.25, -0.2) is 0 Å². The average Bonchev–Trinajstić information content (AvgIpc) is 3.32. The number of aromatic amines is 1. The maximum absolute atomic E-state index is 13.2. The molecule has 0 spiro atoms. The number of carbonyl (C=O) groups excluding carboxylic acids is 1. The van der Waals surface area contributed by atoms with E-state index in [0.29, 0.717) is 44.4 Å². The van der Waals surface area contributed by atoms with Crippen LogP contribution in [0.1, 0.15) is 39.0 Å². The molecule has 10 nitrogen and oxygen atoms in total. The Morgan fingerprint density at radius 3 is 2.79 bits per heavy atom. The second-order valence-electron chi connectivity index (χ2n) is 9.39. The third-order valence-corrected chi connectivity index (χ3v) is 6.67. The molecule has 5 rings (SSSR count).